The minimum atomic E-state index is -3.29. The maximum Gasteiger partial charge on any atom is 0.179 e. The van der Waals surface area contributed by atoms with Gasteiger partial charge in [0.25, 0.3) is 0 Å². The van der Waals surface area contributed by atoms with Gasteiger partial charge in [0, 0.05) is 35.4 Å². The second-order valence-corrected chi connectivity index (χ2v) is 12.3. The van der Waals surface area contributed by atoms with Gasteiger partial charge < -0.3 is 9.46 Å². The number of aliphatic imine (C=N–C) groups is 1. The van der Waals surface area contributed by atoms with Crippen LogP contribution in [0.15, 0.2) is 101 Å². The first kappa shape index (κ1) is 21.8. The highest BCUT2D eigenvalue weighted by Crippen LogP contribution is 2.61. The zero-order chi connectivity index (χ0) is 24.4. The van der Waals surface area contributed by atoms with Crippen LogP contribution < -0.4 is 15.5 Å². The minimum Gasteiger partial charge on any atom is -0.346 e. The minimum absolute atomic E-state index is 0.335. The summed E-state index contributed by atoms with van der Waals surface area (Å²) in [5.74, 6) is 0.640. The molecule has 0 unspecified atom stereocenters. The molecule has 0 saturated heterocycles. The van der Waals surface area contributed by atoms with Gasteiger partial charge in [0.15, 0.2) is 13.0 Å². The molecule has 0 amide bonds. The number of aromatic nitrogens is 2. The Labute approximate surface area is 205 Å². The number of allylic oxidation sites excluding steroid dienone is 2. The lowest BCUT2D eigenvalue weighted by atomic mass is 9.84. The van der Waals surface area contributed by atoms with Crippen molar-refractivity contribution in [3.05, 3.63) is 107 Å². The predicted octanol–water partition coefficient (Wildman–Crippen LogP) is 5.85. The zero-order valence-electron chi connectivity index (χ0n) is 20.3. The third-order valence-corrected chi connectivity index (χ3v) is 10.4. The zero-order valence-corrected chi connectivity index (χ0v) is 21.2. The van der Waals surface area contributed by atoms with Crippen molar-refractivity contribution >= 4 is 35.5 Å². The third kappa shape index (κ3) is 2.98. The predicted molar refractivity (Wildman–Crippen MR) is 145 cm³/mol. The van der Waals surface area contributed by atoms with Crippen LogP contribution in [0.4, 0.5) is 11.5 Å². The molecule has 5 nitrogen and oxygen atoms in total. The SMILES string of the molecule is Cc1nn(-c2ccccc2)c2c1[P@](=O)(c1ccccc1)/C(=C1/N(C)c3ccccc3C1(C)C)C=N2. The highest BCUT2D eigenvalue weighted by Gasteiger charge is 2.48. The van der Waals surface area contributed by atoms with E-state index in [-0.39, 0.29) is 5.41 Å². The number of hydrogen-bond donors (Lipinski definition) is 0. The van der Waals surface area contributed by atoms with E-state index in [0.717, 1.165) is 38.7 Å². The van der Waals surface area contributed by atoms with Gasteiger partial charge in [-0.05, 0) is 30.7 Å². The summed E-state index contributed by atoms with van der Waals surface area (Å²) in [5.41, 5.74) is 4.68. The number of para-hydroxylation sites is 2. The lowest BCUT2D eigenvalue weighted by Crippen LogP contribution is -2.30. The Morgan fingerprint density at radius 2 is 1.49 bits per heavy atom. The first-order valence-corrected chi connectivity index (χ1v) is 13.5. The molecular formula is C29H27N4OP. The number of anilines is 1. The molecule has 35 heavy (non-hydrogen) atoms. The number of fused-ring (bicyclic) bond motifs is 2. The highest BCUT2D eigenvalue weighted by atomic mass is 31.2. The van der Waals surface area contributed by atoms with Crippen molar-refractivity contribution in [3.63, 3.8) is 0 Å². The molecular weight excluding hydrogens is 451 g/mol. The Kier molecular flexibility index (Phi) is 4.77. The van der Waals surface area contributed by atoms with Crippen molar-refractivity contribution in [1.82, 2.24) is 9.78 Å². The summed E-state index contributed by atoms with van der Waals surface area (Å²) >= 11 is 0. The Balaban J connectivity index is 1.69. The van der Waals surface area contributed by atoms with Crippen molar-refractivity contribution in [2.75, 3.05) is 11.9 Å². The van der Waals surface area contributed by atoms with Crippen LogP contribution in [0.2, 0.25) is 0 Å². The van der Waals surface area contributed by atoms with Crippen LogP contribution in [0, 0.1) is 6.92 Å². The molecule has 1 atom stereocenters. The number of nitrogens with zero attached hydrogens (tertiary/aromatic N) is 4. The van der Waals surface area contributed by atoms with Gasteiger partial charge in [-0.15, -0.1) is 0 Å². The van der Waals surface area contributed by atoms with Gasteiger partial charge in [0.05, 0.1) is 22.0 Å². The van der Waals surface area contributed by atoms with Crippen molar-refractivity contribution in [3.8, 4) is 5.69 Å². The summed E-state index contributed by atoms with van der Waals surface area (Å²) in [5, 5.41) is 7.12. The third-order valence-electron chi connectivity index (χ3n) is 7.20. The van der Waals surface area contributed by atoms with Gasteiger partial charge in [-0.2, -0.15) is 5.10 Å². The maximum atomic E-state index is 15.6. The van der Waals surface area contributed by atoms with Gasteiger partial charge in [-0.25, -0.2) is 9.67 Å². The van der Waals surface area contributed by atoms with Crippen LogP contribution in [-0.2, 0) is 9.98 Å². The molecule has 0 aliphatic carbocycles. The number of aryl methyl sites for hydroxylation is 1. The van der Waals surface area contributed by atoms with E-state index in [0.29, 0.717) is 5.82 Å². The smallest absolute Gasteiger partial charge is 0.179 e. The standard InChI is InChI=1S/C29H27N4OP/c1-20-26-28(33(31-20)21-13-7-5-8-14-21)30-19-25(35(26,34)22-15-9-6-10-16-22)27-29(2,3)23-17-11-12-18-24(23)32(27)4/h5-19H,1-4H3/b27-25+/t35-/m0/s1. The molecule has 6 heteroatoms. The van der Waals surface area contributed by atoms with Gasteiger partial charge in [-0.3, -0.25) is 0 Å². The lowest BCUT2D eigenvalue weighted by Gasteiger charge is -2.32. The Morgan fingerprint density at radius 3 is 2.17 bits per heavy atom. The molecule has 0 N–H and O–H groups in total. The number of hydrogen-bond acceptors (Lipinski definition) is 4. The van der Waals surface area contributed by atoms with E-state index >= 15 is 4.57 Å². The Morgan fingerprint density at radius 1 is 0.857 bits per heavy atom. The summed E-state index contributed by atoms with van der Waals surface area (Å²) in [6.07, 6.45) is 1.83. The van der Waals surface area contributed by atoms with Crippen LogP contribution >= 0.6 is 7.14 Å². The summed E-state index contributed by atoms with van der Waals surface area (Å²) in [6, 6.07) is 28.1. The molecule has 3 heterocycles. The van der Waals surface area contributed by atoms with Crippen LogP contribution in [0.25, 0.3) is 5.69 Å². The monoisotopic (exact) mass is 478 g/mol. The fourth-order valence-electron chi connectivity index (χ4n) is 5.63. The molecule has 0 bridgehead atoms. The number of rotatable bonds is 2. The van der Waals surface area contributed by atoms with Crippen LogP contribution in [0.1, 0.15) is 25.1 Å². The summed E-state index contributed by atoms with van der Waals surface area (Å²) < 4.78 is 17.4. The average molecular weight is 479 g/mol. The van der Waals surface area contributed by atoms with Gasteiger partial charge in [0.2, 0.25) is 0 Å². The fourth-order valence-corrected chi connectivity index (χ4v) is 8.89. The quantitative estimate of drug-likeness (QED) is 0.340. The molecule has 3 aromatic carbocycles. The van der Waals surface area contributed by atoms with E-state index in [1.807, 2.05) is 78.5 Å². The van der Waals surface area contributed by atoms with E-state index < -0.39 is 7.14 Å². The average Bonchev–Trinajstić information content (AvgIpc) is 3.32. The molecule has 0 fully saturated rings. The fraction of sp³-hybridized carbons (Fsp3) is 0.172. The van der Waals surface area contributed by atoms with Crippen molar-refractivity contribution in [1.29, 1.82) is 0 Å². The van der Waals surface area contributed by atoms with Crippen molar-refractivity contribution in [2.45, 2.75) is 26.2 Å². The second kappa shape index (κ2) is 7.66. The largest absolute Gasteiger partial charge is 0.346 e. The molecule has 0 saturated carbocycles. The summed E-state index contributed by atoms with van der Waals surface area (Å²) in [6.45, 7) is 6.35. The molecule has 0 radical (unpaired) electrons. The molecule has 2 aliphatic rings. The van der Waals surface area contributed by atoms with Crippen LogP contribution in [-0.4, -0.2) is 23.0 Å². The van der Waals surface area contributed by atoms with Crippen molar-refractivity contribution < 1.29 is 4.57 Å². The van der Waals surface area contributed by atoms with Crippen molar-refractivity contribution in [2.24, 2.45) is 4.99 Å². The molecule has 174 valence electrons. The molecule has 2 aliphatic heterocycles. The lowest BCUT2D eigenvalue weighted by molar-refractivity contribution is 0.588. The second-order valence-electron chi connectivity index (χ2n) is 9.64. The van der Waals surface area contributed by atoms with Gasteiger partial charge >= 0.3 is 0 Å². The van der Waals surface area contributed by atoms with E-state index in [9.17, 15) is 0 Å². The highest BCUT2D eigenvalue weighted by molar-refractivity contribution is 7.83. The number of benzene rings is 3. The Bertz CT molecular complexity index is 1560. The maximum absolute atomic E-state index is 15.6. The summed E-state index contributed by atoms with van der Waals surface area (Å²) in [7, 11) is -1.23. The normalized spacial score (nSPS) is 22.2. The van der Waals surface area contributed by atoms with E-state index in [4.69, 9.17) is 10.1 Å². The molecule has 4 aromatic rings. The number of likely N-dealkylation sites (N-methyl/N-ethyl adjacent to an activating group) is 1. The van der Waals surface area contributed by atoms with Gasteiger partial charge in [-0.1, -0.05) is 80.6 Å². The Hall–Kier alpha value is -3.69. The molecule has 6 rings (SSSR count). The van der Waals surface area contributed by atoms with Gasteiger partial charge in [0.1, 0.15) is 0 Å². The summed E-state index contributed by atoms with van der Waals surface area (Å²) in [4.78, 5) is 7.11. The van der Waals surface area contributed by atoms with Crippen LogP contribution in [0.5, 0.6) is 0 Å². The first-order valence-electron chi connectivity index (χ1n) is 11.8. The molecule has 1 aromatic heterocycles. The first-order chi connectivity index (χ1) is 16.8. The van der Waals surface area contributed by atoms with Crippen LogP contribution in [0.3, 0.4) is 0 Å². The van der Waals surface area contributed by atoms with E-state index in [1.54, 1.807) is 0 Å². The van der Waals surface area contributed by atoms with E-state index in [1.165, 1.54) is 5.56 Å². The molecule has 0 spiro atoms. The topological polar surface area (TPSA) is 50.5 Å². The van der Waals surface area contributed by atoms with E-state index in [2.05, 4.69) is 50.1 Å².